The van der Waals surface area contributed by atoms with Crippen LogP contribution in [0.3, 0.4) is 0 Å². The van der Waals surface area contributed by atoms with Crippen molar-refractivity contribution in [2.45, 2.75) is 26.5 Å². The van der Waals surface area contributed by atoms with Crippen LogP contribution in [0, 0.1) is 5.92 Å². The van der Waals surface area contributed by atoms with Crippen LogP contribution in [0.15, 0.2) is 71.8 Å². The fraction of sp³-hybridized carbons (Fsp3) is 0.333. The van der Waals surface area contributed by atoms with Crippen molar-refractivity contribution in [1.82, 2.24) is 19.2 Å². The van der Waals surface area contributed by atoms with Gasteiger partial charge in [0.15, 0.2) is 0 Å². The Morgan fingerprint density at radius 2 is 1.88 bits per heavy atom. The molecule has 0 amide bonds. The van der Waals surface area contributed by atoms with Crippen LogP contribution in [0.2, 0.25) is 0 Å². The van der Waals surface area contributed by atoms with Gasteiger partial charge in [-0.1, -0.05) is 19.1 Å². The molecule has 1 aliphatic rings. The minimum absolute atomic E-state index is 0.137. The highest BCUT2D eigenvalue weighted by Crippen LogP contribution is 2.20. The van der Waals surface area contributed by atoms with E-state index in [0.717, 1.165) is 46.9 Å². The molecule has 0 radical (unpaired) electrons. The Balaban J connectivity index is 1.26. The predicted molar refractivity (Wildman–Crippen MR) is 133 cm³/mol. The van der Waals surface area contributed by atoms with E-state index < -0.39 is 0 Å². The standard InChI is InChI=1S/C27H30N4O3/c1-20-9-11-29(18-20)13-14-31-26-8-5-23(15-22(26)17-28-31)30-12-10-25(16-27(30)32)34-19-21-3-6-24(33-2)7-4-21/h3-8,10,12,15-17,20H,9,11,13-14,18-19H2,1-2H3/t20-/m1/s1. The van der Waals surface area contributed by atoms with E-state index in [1.165, 1.54) is 25.6 Å². The summed E-state index contributed by atoms with van der Waals surface area (Å²) in [5.74, 6) is 2.13. The van der Waals surface area contributed by atoms with E-state index in [1.54, 1.807) is 17.9 Å². The first kappa shape index (κ1) is 22.2. The highest BCUT2D eigenvalue weighted by Gasteiger charge is 2.18. The van der Waals surface area contributed by atoms with Crippen molar-refractivity contribution in [1.29, 1.82) is 0 Å². The summed E-state index contributed by atoms with van der Waals surface area (Å²) in [6, 6.07) is 17.0. The molecule has 1 saturated heterocycles. The van der Waals surface area contributed by atoms with Crippen LogP contribution >= 0.6 is 0 Å². The van der Waals surface area contributed by atoms with Crippen LogP contribution in [0.1, 0.15) is 18.9 Å². The zero-order valence-corrected chi connectivity index (χ0v) is 19.7. The molecule has 0 bridgehead atoms. The molecule has 0 spiro atoms. The van der Waals surface area contributed by atoms with Crippen LogP contribution in [-0.4, -0.2) is 46.0 Å². The van der Waals surface area contributed by atoms with Gasteiger partial charge in [-0.2, -0.15) is 5.10 Å². The summed E-state index contributed by atoms with van der Waals surface area (Å²) >= 11 is 0. The van der Waals surface area contributed by atoms with Crippen LogP contribution in [0.25, 0.3) is 16.6 Å². The zero-order chi connectivity index (χ0) is 23.5. The van der Waals surface area contributed by atoms with Gasteiger partial charge in [-0.05, 0) is 60.8 Å². The Morgan fingerprint density at radius 3 is 2.62 bits per heavy atom. The smallest absolute Gasteiger partial charge is 0.258 e. The number of likely N-dealkylation sites (tertiary alicyclic amines) is 1. The highest BCUT2D eigenvalue weighted by atomic mass is 16.5. The lowest BCUT2D eigenvalue weighted by atomic mass is 10.2. The molecule has 1 aliphatic heterocycles. The Bertz CT molecular complexity index is 1330. The number of fused-ring (bicyclic) bond motifs is 1. The number of hydrogen-bond donors (Lipinski definition) is 0. The Labute approximate surface area is 199 Å². The van der Waals surface area contributed by atoms with Gasteiger partial charge in [-0.3, -0.25) is 14.0 Å². The molecule has 34 heavy (non-hydrogen) atoms. The largest absolute Gasteiger partial charge is 0.497 e. The summed E-state index contributed by atoms with van der Waals surface area (Å²) in [6.45, 7) is 6.93. The van der Waals surface area contributed by atoms with Crippen LogP contribution in [-0.2, 0) is 13.2 Å². The molecule has 7 heteroatoms. The molecule has 176 valence electrons. The lowest BCUT2D eigenvalue weighted by Crippen LogP contribution is -2.25. The van der Waals surface area contributed by atoms with E-state index in [4.69, 9.17) is 9.47 Å². The van der Waals surface area contributed by atoms with Gasteiger partial charge in [0.2, 0.25) is 0 Å². The van der Waals surface area contributed by atoms with Crippen LogP contribution < -0.4 is 15.0 Å². The number of ether oxygens (including phenoxy) is 2. The maximum Gasteiger partial charge on any atom is 0.258 e. The molecule has 0 N–H and O–H groups in total. The van der Waals surface area contributed by atoms with Gasteiger partial charge in [-0.25, -0.2) is 0 Å². The Kier molecular flexibility index (Phi) is 6.36. The van der Waals surface area contributed by atoms with Crippen molar-refractivity contribution in [3.05, 3.63) is 82.9 Å². The average Bonchev–Trinajstić information content (AvgIpc) is 3.47. The van der Waals surface area contributed by atoms with E-state index in [0.29, 0.717) is 12.4 Å². The second kappa shape index (κ2) is 9.73. The number of pyridine rings is 1. The van der Waals surface area contributed by atoms with Crippen molar-refractivity contribution < 1.29 is 9.47 Å². The van der Waals surface area contributed by atoms with Crippen LogP contribution in [0.4, 0.5) is 0 Å². The van der Waals surface area contributed by atoms with Crippen molar-refractivity contribution >= 4 is 10.9 Å². The molecule has 2 aromatic carbocycles. The summed E-state index contributed by atoms with van der Waals surface area (Å²) in [5.41, 5.74) is 2.77. The molecule has 2 aromatic heterocycles. The fourth-order valence-corrected chi connectivity index (χ4v) is 4.52. The minimum Gasteiger partial charge on any atom is -0.497 e. The third-order valence-electron chi connectivity index (χ3n) is 6.50. The van der Waals surface area contributed by atoms with Crippen molar-refractivity contribution in [3.63, 3.8) is 0 Å². The van der Waals surface area contributed by atoms with Crippen molar-refractivity contribution in [2.24, 2.45) is 5.92 Å². The molecule has 1 atom stereocenters. The normalized spacial score (nSPS) is 16.2. The summed E-state index contributed by atoms with van der Waals surface area (Å²) in [4.78, 5) is 15.3. The first-order valence-electron chi connectivity index (χ1n) is 11.8. The van der Waals surface area contributed by atoms with Gasteiger partial charge >= 0.3 is 0 Å². The van der Waals surface area contributed by atoms with E-state index >= 15 is 0 Å². The molecule has 0 saturated carbocycles. The molecular formula is C27H30N4O3. The van der Waals surface area contributed by atoms with E-state index in [9.17, 15) is 4.79 Å². The average molecular weight is 459 g/mol. The molecular weight excluding hydrogens is 428 g/mol. The lowest BCUT2D eigenvalue weighted by Gasteiger charge is -2.15. The number of nitrogens with zero attached hydrogens (tertiary/aromatic N) is 4. The molecule has 3 heterocycles. The van der Waals surface area contributed by atoms with Gasteiger partial charge in [0.25, 0.3) is 5.56 Å². The second-order valence-corrected chi connectivity index (χ2v) is 9.01. The SMILES string of the molecule is COc1ccc(COc2ccn(-c3ccc4c(cnn4CCN4CC[C@@H](C)C4)c3)c(=O)c2)cc1. The van der Waals surface area contributed by atoms with Gasteiger partial charge in [0, 0.05) is 36.4 Å². The molecule has 0 unspecified atom stereocenters. The Morgan fingerprint density at radius 1 is 1.03 bits per heavy atom. The van der Waals surface area contributed by atoms with Gasteiger partial charge in [0.05, 0.1) is 25.4 Å². The number of aromatic nitrogens is 3. The number of benzene rings is 2. The molecule has 5 rings (SSSR count). The monoisotopic (exact) mass is 458 g/mol. The third-order valence-corrected chi connectivity index (χ3v) is 6.50. The van der Waals surface area contributed by atoms with Gasteiger partial charge in [0.1, 0.15) is 18.1 Å². The van der Waals surface area contributed by atoms with Gasteiger partial charge in [-0.15, -0.1) is 0 Å². The maximum atomic E-state index is 12.8. The van der Waals surface area contributed by atoms with E-state index in [-0.39, 0.29) is 5.56 Å². The minimum atomic E-state index is -0.137. The highest BCUT2D eigenvalue weighted by molar-refractivity contribution is 5.80. The van der Waals surface area contributed by atoms with Crippen molar-refractivity contribution in [2.75, 3.05) is 26.7 Å². The zero-order valence-electron chi connectivity index (χ0n) is 19.7. The summed E-state index contributed by atoms with van der Waals surface area (Å²) < 4.78 is 14.7. The van der Waals surface area contributed by atoms with Crippen molar-refractivity contribution in [3.8, 4) is 17.2 Å². The second-order valence-electron chi connectivity index (χ2n) is 9.01. The number of hydrogen-bond acceptors (Lipinski definition) is 5. The summed E-state index contributed by atoms with van der Waals surface area (Å²) in [6.07, 6.45) is 4.91. The topological polar surface area (TPSA) is 61.5 Å². The van der Waals surface area contributed by atoms with Crippen LogP contribution in [0.5, 0.6) is 11.5 Å². The first-order valence-corrected chi connectivity index (χ1v) is 11.8. The van der Waals surface area contributed by atoms with E-state index in [1.807, 2.05) is 54.7 Å². The number of rotatable bonds is 8. The molecule has 7 nitrogen and oxygen atoms in total. The fourth-order valence-electron chi connectivity index (χ4n) is 4.52. The lowest BCUT2D eigenvalue weighted by molar-refractivity contribution is 0.305. The molecule has 1 fully saturated rings. The van der Waals surface area contributed by atoms with E-state index in [2.05, 4.69) is 21.6 Å². The molecule has 4 aromatic rings. The maximum absolute atomic E-state index is 12.8. The third kappa shape index (κ3) is 4.84. The predicted octanol–water partition coefficient (Wildman–Crippen LogP) is 4.12. The summed E-state index contributed by atoms with van der Waals surface area (Å²) in [5, 5.41) is 5.61. The van der Waals surface area contributed by atoms with Gasteiger partial charge < -0.3 is 14.4 Å². The number of methoxy groups -OCH3 is 1. The quantitative estimate of drug-likeness (QED) is 0.398. The first-order chi connectivity index (χ1) is 16.6. The summed E-state index contributed by atoms with van der Waals surface area (Å²) in [7, 11) is 1.64. The molecule has 0 aliphatic carbocycles. The Hall–Kier alpha value is -3.58.